The molecule has 7 heteroatoms. The highest BCUT2D eigenvalue weighted by Crippen LogP contribution is 2.28. The van der Waals surface area contributed by atoms with Crippen LogP contribution >= 0.6 is 11.3 Å². The number of urea groups is 1. The van der Waals surface area contributed by atoms with Crippen molar-refractivity contribution in [3.8, 4) is 0 Å². The molecular formula is C16H20N4O2S. The van der Waals surface area contributed by atoms with E-state index in [9.17, 15) is 4.79 Å². The molecule has 2 heterocycles. The van der Waals surface area contributed by atoms with E-state index in [1.165, 1.54) is 11.3 Å². The summed E-state index contributed by atoms with van der Waals surface area (Å²) in [6, 6.07) is 9.96. The van der Waals surface area contributed by atoms with E-state index in [1.807, 2.05) is 25.1 Å². The fraction of sp³-hybridized carbons (Fsp3) is 0.438. The lowest BCUT2D eigenvalue weighted by atomic mass is 9.97. The van der Waals surface area contributed by atoms with E-state index in [4.69, 9.17) is 4.74 Å². The fourth-order valence-electron chi connectivity index (χ4n) is 2.59. The monoisotopic (exact) mass is 332 g/mol. The number of benzene rings is 1. The molecule has 2 N–H and O–H groups in total. The maximum atomic E-state index is 12.1. The lowest BCUT2D eigenvalue weighted by molar-refractivity contribution is 0.00254. The Hall–Kier alpha value is -1.99. The summed E-state index contributed by atoms with van der Waals surface area (Å²) >= 11 is 1.40. The second-order valence-corrected chi connectivity index (χ2v) is 6.51. The van der Waals surface area contributed by atoms with E-state index < -0.39 is 0 Å². The highest BCUT2D eigenvalue weighted by molar-refractivity contribution is 7.15. The molecule has 2 amide bonds. The number of nitrogens with one attached hydrogen (secondary N) is 2. The van der Waals surface area contributed by atoms with Crippen molar-refractivity contribution in [3.05, 3.63) is 40.9 Å². The van der Waals surface area contributed by atoms with E-state index in [1.54, 1.807) is 0 Å². The van der Waals surface area contributed by atoms with Gasteiger partial charge in [-0.05, 0) is 24.8 Å². The van der Waals surface area contributed by atoms with Gasteiger partial charge in [-0.1, -0.05) is 48.6 Å². The van der Waals surface area contributed by atoms with Crippen LogP contribution in [0.25, 0.3) is 0 Å². The van der Waals surface area contributed by atoms with Crippen molar-refractivity contribution >= 4 is 22.5 Å². The van der Waals surface area contributed by atoms with Crippen LogP contribution in [0.2, 0.25) is 0 Å². The number of amides is 2. The number of ether oxygens (including phenoxy) is 1. The van der Waals surface area contributed by atoms with Gasteiger partial charge in [0.05, 0.1) is 6.10 Å². The van der Waals surface area contributed by atoms with Crippen LogP contribution in [0.15, 0.2) is 30.3 Å². The highest BCUT2D eigenvalue weighted by Gasteiger charge is 2.25. The third-order valence-corrected chi connectivity index (χ3v) is 4.76. The van der Waals surface area contributed by atoms with Crippen LogP contribution in [-0.2, 0) is 11.2 Å². The van der Waals surface area contributed by atoms with Crippen LogP contribution in [0, 0.1) is 0 Å². The van der Waals surface area contributed by atoms with Crippen LogP contribution in [0.5, 0.6) is 0 Å². The van der Waals surface area contributed by atoms with Crippen LogP contribution < -0.4 is 10.6 Å². The number of aryl methyl sites for hydroxylation is 1. The van der Waals surface area contributed by atoms with Crippen molar-refractivity contribution in [1.82, 2.24) is 15.5 Å². The molecule has 1 fully saturated rings. The van der Waals surface area contributed by atoms with Gasteiger partial charge in [0.15, 0.2) is 0 Å². The molecule has 2 atom stereocenters. The molecule has 0 radical (unpaired) electrons. The molecule has 0 aliphatic carbocycles. The summed E-state index contributed by atoms with van der Waals surface area (Å²) in [5.74, 6) is 0. The van der Waals surface area contributed by atoms with Gasteiger partial charge in [-0.2, -0.15) is 0 Å². The van der Waals surface area contributed by atoms with E-state index in [0.717, 1.165) is 29.8 Å². The van der Waals surface area contributed by atoms with Gasteiger partial charge < -0.3 is 10.1 Å². The highest BCUT2D eigenvalue weighted by atomic mass is 32.1. The number of carbonyl (C=O) groups excluding carboxylic acids is 1. The predicted octanol–water partition coefficient (Wildman–Crippen LogP) is 3.14. The molecule has 0 spiro atoms. The average molecular weight is 332 g/mol. The summed E-state index contributed by atoms with van der Waals surface area (Å²) in [6.45, 7) is 2.65. The third-order valence-electron chi connectivity index (χ3n) is 3.78. The first kappa shape index (κ1) is 15.9. The maximum Gasteiger partial charge on any atom is 0.321 e. The van der Waals surface area contributed by atoms with E-state index in [-0.39, 0.29) is 18.2 Å². The van der Waals surface area contributed by atoms with Crippen molar-refractivity contribution in [1.29, 1.82) is 0 Å². The van der Waals surface area contributed by atoms with Gasteiger partial charge in [0, 0.05) is 12.6 Å². The van der Waals surface area contributed by atoms with Gasteiger partial charge in [-0.15, -0.1) is 10.2 Å². The summed E-state index contributed by atoms with van der Waals surface area (Å²) in [6.07, 6.45) is 2.43. The molecule has 1 aromatic heterocycles. The minimum absolute atomic E-state index is 0.0310. The Kier molecular flexibility index (Phi) is 5.19. The smallest absolute Gasteiger partial charge is 0.321 e. The molecule has 1 aromatic carbocycles. The Morgan fingerprint density at radius 3 is 2.91 bits per heavy atom. The molecule has 1 aliphatic rings. The van der Waals surface area contributed by atoms with Crippen LogP contribution in [0.3, 0.4) is 0 Å². The van der Waals surface area contributed by atoms with Crippen LogP contribution in [0.4, 0.5) is 9.93 Å². The average Bonchev–Trinajstić information content (AvgIpc) is 3.03. The first-order valence-electron chi connectivity index (χ1n) is 7.81. The molecule has 6 nitrogen and oxygen atoms in total. The number of rotatable bonds is 4. The lowest BCUT2D eigenvalue weighted by Gasteiger charge is -2.30. The summed E-state index contributed by atoms with van der Waals surface area (Å²) in [5, 5.41) is 15.1. The summed E-state index contributed by atoms with van der Waals surface area (Å²) in [4.78, 5) is 12.1. The number of hydrogen-bond donors (Lipinski definition) is 2. The second-order valence-electron chi connectivity index (χ2n) is 5.44. The van der Waals surface area contributed by atoms with Crippen molar-refractivity contribution in [3.63, 3.8) is 0 Å². The zero-order chi connectivity index (χ0) is 16.1. The molecule has 0 saturated carbocycles. The number of carbonyl (C=O) groups is 1. The minimum Gasteiger partial charge on any atom is -0.373 e. The third kappa shape index (κ3) is 4.27. The minimum atomic E-state index is -0.234. The Morgan fingerprint density at radius 1 is 1.35 bits per heavy atom. The van der Waals surface area contributed by atoms with Gasteiger partial charge in [0.1, 0.15) is 5.01 Å². The zero-order valence-corrected chi connectivity index (χ0v) is 13.8. The SMILES string of the molecule is CCc1nnc(NC(=O)NC2CCOC(c3ccccc3)C2)s1. The molecule has 2 unspecified atom stereocenters. The van der Waals surface area contributed by atoms with Gasteiger partial charge in [-0.25, -0.2) is 4.79 Å². The topological polar surface area (TPSA) is 76.1 Å². The number of anilines is 1. The Bertz CT molecular complexity index is 647. The number of nitrogens with zero attached hydrogens (tertiary/aromatic N) is 2. The number of aromatic nitrogens is 2. The Morgan fingerprint density at radius 2 is 2.17 bits per heavy atom. The zero-order valence-electron chi connectivity index (χ0n) is 13.0. The van der Waals surface area contributed by atoms with E-state index >= 15 is 0 Å². The van der Waals surface area contributed by atoms with Crippen molar-refractivity contribution in [2.45, 2.75) is 38.3 Å². The van der Waals surface area contributed by atoms with E-state index in [0.29, 0.717) is 11.7 Å². The summed E-state index contributed by atoms with van der Waals surface area (Å²) in [7, 11) is 0. The molecule has 122 valence electrons. The summed E-state index contributed by atoms with van der Waals surface area (Å²) in [5.41, 5.74) is 1.15. The van der Waals surface area contributed by atoms with Crippen molar-refractivity contribution in [2.75, 3.05) is 11.9 Å². The summed E-state index contributed by atoms with van der Waals surface area (Å²) < 4.78 is 5.82. The van der Waals surface area contributed by atoms with Gasteiger partial charge in [-0.3, -0.25) is 5.32 Å². The molecule has 3 rings (SSSR count). The number of hydrogen-bond acceptors (Lipinski definition) is 5. The largest absolute Gasteiger partial charge is 0.373 e. The standard InChI is InChI=1S/C16H20N4O2S/c1-2-14-19-20-16(23-14)18-15(21)17-12-8-9-22-13(10-12)11-6-4-3-5-7-11/h3-7,12-13H,2,8-10H2,1H3,(H2,17,18,20,21). The first-order valence-corrected chi connectivity index (χ1v) is 8.62. The fourth-order valence-corrected chi connectivity index (χ4v) is 3.27. The first-order chi connectivity index (χ1) is 11.2. The predicted molar refractivity (Wildman–Crippen MR) is 89.6 cm³/mol. The van der Waals surface area contributed by atoms with Crippen LogP contribution in [0.1, 0.15) is 36.4 Å². The Balaban J connectivity index is 1.54. The molecular weight excluding hydrogens is 312 g/mol. The normalized spacial score (nSPS) is 20.9. The molecule has 1 aliphatic heterocycles. The lowest BCUT2D eigenvalue weighted by Crippen LogP contribution is -2.42. The van der Waals surface area contributed by atoms with Crippen molar-refractivity contribution < 1.29 is 9.53 Å². The quantitative estimate of drug-likeness (QED) is 0.902. The molecule has 1 saturated heterocycles. The van der Waals surface area contributed by atoms with Gasteiger partial charge >= 0.3 is 6.03 Å². The maximum absolute atomic E-state index is 12.1. The molecule has 0 bridgehead atoms. The Labute approximate surface area is 139 Å². The van der Waals surface area contributed by atoms with E-state index in [2.05, 4.69) is 33.0 Å². The van der Waals surface area contributed by atoms with Gasteiger partial charge in [0.25, 0.3) is 0 Å². The molecule has 2 aromatic rings. The molecule has 23 heavy (non-hydrogen) atoms. The van der Waals surface area contributed by atoms with Crippen LogP contribution in [-0.4, -0.2) is 28.9 Å². The van der Waals surface area contributed by atoms with Gasteiger partial charge in [0.2, 0.25) is 5.13 Å². The second kappa shape index (κ2) is 7.52. The van der Waals surface area contributed by atoms with Crippen molar-refractivity contribution in [2.24, 2.45) is 0 Å².